The zero-order chi connectivity index (χ0) is 15.6. The van der Waals surface area contributed by atoms with E-state index in [9.17, 15) is 17.2 Å². The van der Waals surface area contributed by atoms with E-state index in [2.05, 4.69) is 0 Å². The Morgan fingerprint density at radius 2 is 1.95 bits per heavy atom. The Morgan fingerprint density at radius 1 is 1.24 bits per heavy atom. The van der Waals surface area contributed by atoms with Crippen molar-refractivity contribution in [2.24, 2.45) is 0 Å². The summed E-state index contributed by atoms with van der Waals surface area (Å²) in [5.74, 6) is -1.08. The van der Waals surface area contributed by atoms with E-state index in [0.717, 1.165) is 6.07 Å². The van der Waals surface area contributed by atoms with Gasteiger partial charge in [-0.15, -0.1) is 0 Å². The van der Waals surface area contributed by atoms with Gasteiger partial charge in [0.2, 0.25) is 0 Å². The highest BCUT2D eigenvalue weighted by Crippen LogP contribution is 2.20. The van der Waals surface area contributed by atoms with E-state index in [1.54, 1.807) is 16.8 Å². The predicted octanol–water partition coefficient (Wildman–Crippen LogP) is 1.90. The molecule has 0 atom stereocenters. The molecule has 0 amide bonds. The van der Waals surface area contributed by atoms with Crippen LogP contribution in [0.15, 0.2) is 24.4 Å². The number of halogens is 2. The largest absolute Gasteiger partial charge is 0.346 e. The monoisotopic (exact) mass is 316 g/mol. The molecule has 0 unspecified atom stereocenters. The molecule has 0 spiro atoms. The molecule has 7 heteroatoms. The van der Waals surface area contributed by atoms with Gasteiger partial charge in [0, 0.05) is 43.5 Å². The number of hydrogen-bond acceptors (Lipinski definition) is 3. The van der Waals surface area contributed by atoms with Crippen LogP contribution in [-0.2, 0) is 16.4 Å². The van der Waals surface area contributed by atoms with Gasteiger partial charge in [-0.05, 0) is 19.2 Å². The third-order valence-corrected chi connectivity index (χ3v) is 4.29. The quantitative estimate of drug-likeness (QED) is 0.817. The van der Waals surface area contributed by atoms with Gasteiger partial charge in [0.05, 0.1) is 11.3 Å². The van der Waals surface area contributed by atoms with Crippen LogP contribution >= 0.6 is 0 Å². The van der Waals surface area contributed by atoms with Crippen LogP contribution < -0.4 is 0 Å². The normalized spacial score (nSPS) is 12.4. The van der Waals surface area contributed by atoms with Crippen molar-refractivity contribution in [3.8, 4) is 0 Å². The number of likely N-dealkylation sites (N-methyl/N-ethyl adjacent to an activating group) is 1. The van der Waals surface area contributed by atoms with Gasteiger partial charge in [0.1, 0.15) is 21.5 Å². The third-order valence-electron chi connectivity index (χ3n) is 3.37. The van der Waals surface area contributed by atoms with E-state index >= 15 is 0 Å². The average Bonchev–Trinajstić information content (AvgIpc) is 2.76. The number of fused-ring (bicyclic) bond motifs is 1. The summed E-state index contributed by atoms with van der Waals surface area (Å²) in [5.41, 5.74) is 0.504. The minimum atomic E-state index is -2.98. The fourth-order valence-electron chi connectivity index (χ4n) is 2.13. The smallest absolute Gasteiger partial charge is 0.148 e. The average molecular weight is 316 g/mol. The van der Waals surface area contributed by atoms with Gasteiger partial charge in [-0.1, -0.05) is 0 Å². The summed E-state index contributed by atoms with van der Waals surface area (Å²) in [6.07, 6.45) is 2.91. The van der Waals surface area contributed by atoms with Gasteiger partial charge >= 0.3 is 0 Å². The molecule has 21 heavy (non-hydrogen) atoms. The summed E-state index contributed by atoms with van der Waals surface area (Å²) in [7, 11) is -1.17. The van der Waals surface area contributed by atoms with Gasteiger partial charge < -0.3 is 9.47 Å². The van der Waals surface area contributed by atoms with E-state index in [0.29, 0.717) is 30.5 Å². The van der Waals surface area contributed by atoms with Gasteiger partial charge in [-0.3, -0.25) is 0 Å². The topological polar surface area (TPSA) is 42.3 Å². The fraction of sp³-hybridized carbons (Fsp3) is 0.429. The molecule has 0 aliphatic carbocycles. The molecule has 0 bridgehead atoms. The maximum Gasteiger partial charge on any atom is 0.148 e. The zero-order valence-corrected chi connectivity index (χ0v) is 12.8. The third kappa shape index (κ3) is 4.25. The minimum Gasteiger partial charge on any atom is -0.346 e. The zero-order valence-electron chi connectivity index (χ0n) is 12.0. The Morgan fingerprint density at radius 3 is 2.62 bits per heavy atom. The molecule has 1 aromatic heterocycles. The Kier molecular flexibility index (Phi) is 4.63. The molecule has 0 fully saturated rings. The second-order valence-electron chi connectivity index (χ2n) is 5.26. The van der Waals surface area contributed by atoms with Crippen LogP contribution in [0.3, 0.4) is 0 Å². The number of nitrogens with zero attached hydrogens (tertiary/aromatic N) is 2. The number of benzene rings is 1. The van der Waals surface area contributed by atoms with Crippen LogP contribution in [0.4, 0.5) is 8.78 Å². The van der Waals surface area contributed by atoms with Crippen molar-refractivity contribution >= 4 is 20.7 Å². The number of sulfone groups is 1. The molecular weight excluding hydrogens is 298 g/mol. The van der Waals surface area contributed by atoms with Crippen molar-refractivity contribution in [3.63, 3.8) is 0 Å². The first-order valence-electron chi connectivity index (χ1n) is 6.56. The van der Waals surface area contributed by atoms with Crippen molar-refractivity contribution in [2.75, 3.05) is 32.1 Å². The molecule has 4 nitrogen and oxygen atoms in total. The predicted molar refractivity (Wildman–Crippen MR) is 79.1 cm³/mol. The van der Waals surface area contributed by atoms with Crippen LogP contribution in [0, 0.1) is 11.6 Å². The summed E-state index contributed by atoms with van der Waals surface area (Å²) < 4.78 is 50.8. The Bertz CT molecular complexity index is 741. The molecule has 0 radical (unpaired) electrons. The van der Waals surface area contributed by atoms with Crippen LogP contribution in [0.1, 0.15) is 0 Å². The summed E-state index contributed by atoms with van der Waals surface area (Å²) in [6, 6.07) is 3.78. The lowest BCUT2D eigenvalue weighted by Gasteiger charge is -2.16. The lowest BCUT2D eigenvalue weighted by atomic mass is 10.2. The summed E-state index contributed by atoms with van der Waals surface area (Å²) in [6.45, 7) is 1.56. The van der Waals surface area contributed by atoms with E-state index in [1.165, 1.54) is 12.3 Å². The number of hydrogen-bond donors (Lipinski definition) is 0. The maximum atomic E-state index is 13.6. The van der Waals surface area contributed by atoms with Crippen molar-refractivity contribution < 1.29 is 17.2 Å². The van der Waals surface area contributed by atoms with Gasteiger partial charge in [0.15, 0.2) is 0 Å². The SMILES string of the molecule is CN(CCn1ccc2c(F)cc(F)cc21)CCS(C)(=O)=O. The van der Waals surface area contributed by atoms with E-state index in [1.807, 2.05) is 11.9 Å². The molecule has 1 aromatic carbocycles. The lowest BCUT2D eigenvalue weighted by molar-refractivity contribution is 0.338. The minimum absolute atomic E-state index is 0.0964. The first-order chi connectivity index (χ1) is 9.76. The molecule has 116 valence electrons. The first-order valence-corrected chi connectivity index (χ1v) is 8.62. The molecular formula is C14H18F2N2O2S. The molecule has 2 aromatic rings. The van der Waals surface area contributed by atoms with E-state index in [-0.39, 0.29) is 5.75 Å². The molecule has 1 heterocycles. The maximum absolute atomic E-state index is 13.6. The fourth-order valence-corrected chi connectivity index (χ4v) is 2.77. The highest BCUT2D eigenvalue weighted by molar-refractivity contribution is 7.90. The van der Waals surface area contributed by atoms with Crippen molar-refractivity contribution in [3.05, 3.63) is 36.0 Å². The highest BCUT2D eigenvalue weighted by atomic mass is 32.2. The van der Waals surface area contributed by atoms with E-state index in [4.69, 9.17) is 0 Å². The second kappa shape index (κ2) is 6.11. The molecule has 0 aliphatic heterocycles. The summed E-state index contributed by atoms with van der Waals surface area (Å²) in [5, 5.41) is 0.384. The van der Waals surface area contributed by atoms with Crippen LogP contribution in [0.5, 0.6) is 0 Å². The second-order valence-corrected chi connectivity index (χ2v) is 7.52. The molecule has 0 aliphatic rings. The van der Waals surface area contributed by atoms with Crippen LogP contribution in [0.2, 0.25) is 0 Å². The van der Waals surface area contributed by atoms with Crippen molar-refractivity contribution in [1.82, 2.24) is 9.47 Å². The Balaban J connectivity index is 2.04. The Hall–Kier alpha value is -1.47. The van der Waals surface area contributed by atoms with Crippen LogP contribution in [0.25, 0.3) is 10.9 Å². The molecule has 0 saturated heterocycles. The molecule has 2 rings (SSSR count). The molecule has 0 N–H and O–H groups in total. The number of aromatic nitrogens is 1. The Labute approximate surface area is 122 Å². The van der Waals surface area contributed by atoms with Gasteiger partial charge in [-0.2, -0.15) is 0 Å². The lowest BCUT2D eigenvalue weighted by Crippen LogP contribution is -2.28. The van der Waals surface area contributed by atoms with E-state index < -0.39 is 21.5 Å². The number of rotatable bonds is 6. The van der Waals surface area contributed by atoms with Gasteiger partial charge in [0.25, 0.3) is 0 Å². The van der Waals surface area contributed by atoms with Crippen molar-refractivity contribution in [2.45, 2.75) is 6.54 Å². The molecule has 0 saturated carbocycles. The van der Waals surface area contributed by atoms with Crippen molar-refractivity contribution in [1.29, 1.82) is 0 Å². The summed E-state index contributed by atoms with van der Waals surface area (Å²) >= 11 is 0. The van der Waals surface area contributed by atoms with Crippen LogP contribution in [-0.4, -0.2) is 50.0 Å². The first kappa shape index (κ1) is 15.9. The van der Waals surface area contributed by atoms with Gasteiger partial charge in [-0.25, -0.2) is 17.2 Å². The summed E-state index contributed by atoms with van der Waals surface area (Å²) in [4.78, 5) is 1.88. The standard InChI is InChI=1S/C14H18F2N2O2S/c1-17(7-8-21(2,19)20)5-6-18-4-3-12-13(16)9-11(15)10-14(12)18/h3-4,9-10H,5-8H2,1-2H3. The highest BCUT2D eigenvalue weighted by Gasteiger charge is 2.10.